The molecule has 1 fully saturated rings. The Balaban J connectivity index is 1.64. The topological polar surface area (TPSA) is 71.4 Å². The van der Waals surface area contributed by atoms with Gasteiger partial charge in [0.15, 0.2) is 5.17 Å². The Morgan fingerprint density at radius 3 is 2.70 bits per heavy atom. The number of piperidine rings is 1. The molecule has 3 aliphatic rings. The molecule has 1 aromatic rings. The van der Waals surface area contributed by atoms with E-state index in [1.165, 1.54) is 18.2 Å². The molecule has 0 saturated carbocycles. The number of benzene rings is 1. The smallest absolute Gasteiger partial charge is 0.338 e. The fraction of sp³-hybridized carbons (Fsp3) is 0.480. The highest BCUT2D eigenvalue weighted by atomic mass is 32.2. The summed E-state index contributed by atoms with van der Waals surface area (Å²) in [5.74, 6) is -0.286. The van der Waals surface area contributed by atoms with Gasteiger partial charge in [-0.3, -0.25) is 4.79 Å². The first-order valence-corrected chi connectivity index (χ1v) is 12.3. The second-order valence-corrected chi connectivity index (χ2v) is 9.38. The molecule has 8 heteroatoms. The highest BCUT2D eigenvalue weighted by Gasteiger charge is 2.41. The van der Waals surface area contributed by atoms with Gasteiger partial charge in [-0.25, -0.2) is 9.79 Å². The zero-order chi connectivity index (χ0) is 23.4. The first kappa shape index (κ1) is 23.6. The maximum atomic E-state index is 13.2. The van der Waals surface area contributed by atoms with Crippen LogP contribution in [0.15, 0.2) is 57.7 Å². The summed E-state index contributed by atoms with van der Waals surface area (Å²) >= 11 is 1.50. The van der Waals surface area contributed by atoms with Gasteiger partial charge in [-0.2, -0.15) is 0 Å². The molecule has 176 valence electrons. The van der Waals surface area contributed by atoms with Crippen LogP contribution < -0.4 is 0 Å². The summed E-state index contributed by atoms with van der Waals surface area (Å²) in [5, 5.41) is 2.78. The molecule has 33 heavy (non-hydrogen) atoms. The van der Waals surface area contributed by atoms with E-state index in [9.17, 15) is 9.59 Å². The third kappa shape index (κ3) is 5.01. The number of thioether (sulfide) groups is 1. The normalized spacial score (nSPS) is 22.6. The number of ether oxygens (including phenoxy) is 2. The number of hydrogen-bond donors (Lipinski definition) is 0. The van der Waals surface area contributed by atoms with Crippen molar-refractivity contribution in [3.05, 3.63) is 58.3 Å². The van der Waals surface area contributed by atoms with Crippen LogP contribution in [-0.4, -0.2) is 59.8 Å². The molecule has 0 bridgehead atoms. The molecule has 0 radical (unpaired) electrons. The Bertz CT molecular complexity index is 989. The average molecular weight is 470 g/mol. The predicted molar refractivity (Wildman–Crippen MR) is 129 cm³/mol. The van der Waals surface area contributed by atoms with Crippen LogP contribution in [0.4, 0.5) is 0 Å². The maximum Gasteiger partial charge on any atom is 0.338 e. The number of likely N-dealkylation sites (tertiary alicyclic amines) is 1. The number of hydrogen-bond acceptors (Lipinski definition) is 7. The fourth-order valence-electron chi connectivity index (χ4n) is 4.60. The van der Waals surface area contributed by atoms with Gasteiger partial charge in [-0.1, -0.05) is 42.1 Å². The molecule has 3 aliphatic heterocycles. The summed E-state index contributed by atoms with van der Waals surface area (Å²) in [5.41, 5.74) is 2.95. The van der Waals surface area contributed by atoms with Crippen molar-refractivity contribution in [1.82, 2.24) is 9.80 Å². The number of carbonyl (C=O) groups excluding carboxylic acids is 2. The zero-order valence-corrected chi connectivity index (χ0v) is 20.3. The summed E-state index contributed by atoms with van der Waals surface area (Å²) < 4.78 is 10.5. The number of rotatable bonds is 7. The van der Waals surface area contributed by atoms with E-state index in [1.807, 2.05) is 52.5 Å². The maximum absolute atomic E-state index is 13.2. The van der Waals surface area contributed by atoms with Crippen LogP contribution >= 0.6 is 11.8 Å². The lowest BCUT2D eigenvalue weighted by Crippen LogP contribution is -2.43. The molecule has 3 heterocycles. The van der Waals surface area contributed by atoms with Gasteiger partial charge in [0.2, 0.25) is 5.91 Å². The second kappa shape index (κ2) is 10.6. The highest BCUT2D eigenvalue weighted by molar-refractivity contribution is 8.16. The van der Waals surface area contributed by atoms with E-state index in [2.05, 4.69) is 6.92 Å². The number of esters is 1. The molecule has 1 saturated heterocycles. The second-order valence-electron chi connectivity index (χ2n) is 8.54. The molecule has 0 aromatic heterocycles. The SMILES string of the molecule is COCCOC(=O)C1=C(C)N=C2SC=C(CC(=O)N3CCCC[C@H]3C)N2[C@@H]1c1ccccc1. The molecule has 0 aliphatic carbocycles. The van der Waals surface area contributed by atoms with E-state index >= 15 is 0 Å². The Labute approximate surface area is 199 Å². The van der Waals surface area contributed by atoms with Gasteiger partial charge in [0, 0.05) is 25.4 Å². The Kier molecular flexibility index (Phi) is 7.55. The van der Waals surface area contributed by atoms with Crippen molar-refractivity contribution in [2.45, 2.75) is 51.6 Å². The minimum Gasteiger partial charge on any atom is -0.460 e. The first-order valence-electron chi connectivity index (χ1n) is 11.5. The van der Waals surface area contributed by atoms with Crippen LogP contribution in [-0.2, 0) is 19.1 Å². The van der Waals surface area contributed by atoms with Gasteiger partial charge in [-0.15, -0.1) is 0 Å². The van der Waals surface area contributed by atoms with Crippen molar-refractivity contribution >= 4 is 28.8 Å². The number of allylic oxidation sites excluding steroid dienone is 1. The van der Waals surface area contributed by atoms with Crippen LogP contribution in [0.5, 0.6) is 0 Å². The van der Waals surface area contributed by atoms with Crippen LogP contribution in [0.1, 0.15) is 51.1 Å². The Morgan fingerprint density at radius 1 is 1.18 bits per heavy atom. The minimum absolute atomic E-state index is 0.123. The number of amidine groups is 1. The molecular weight excluding hydrogens is 438 g/mol. The molecule has 7 nitrogen and oxygen atoms in total. The van der Waals surface area contributed by atoms with Gasteiger partial charge in [0.1, 0.15) is 6.61 Å². The molecule has 1 amide bonds. The molecule has 0 spiro atoms. The lowest BCUT2D eigenvalue weighted by atomic mass is 9.94. The van der Waals surface area contributed by atoms with E-state index in [1.54, 1.807) is 7.11 Å². The van der Waals surface area contributed by atoms with Crippen molar-refractivity contribution < 1.29 is 19.1 Å². The zero-order valence-electron chi connectivity index (χ0n) is 19.5. The highest BCUT2D eigenvalue weighted by Crippen LogP contribution is 2.45. The minimum atomic E-state index is -0.409. The third-order valence-electron chi connectivity index (χ3n) is 6.31. The van der Waals surface area contributed by atoms with Crippen molar-refractivity contribution in [1.29, 1.82) is 0 Å². The molecule has 0 N–H and O–H groups in total. The Hall–Kier alpha value is -2.58. The largest absolute Gasteiger partial charge is 0.460 e. The van der Waals surface area contributed by atoms with Crippen molar-refractivity contribution in [2.24, 2.45) is 4.99 Å². The molecule has 2 atom stereocenters. The van der Waals surface area contributed by atoms with E-state index in [0.29, 0.717) is 17.9 Å². The summed E-state index contributed by atoms with van der Waals surface area (Å²) in [6, 6.07) is 9.71. The lowest BCUT2D eigenvalue weighted by Gasteiger charge is -2.38. The van der Waals surface area contributed by atoms with Gasteiger partial charge in [0.05, 0.1) is 30.3 Å². The van der Waals surface area contributed by atoms with E-state index in [-0.39, 0.29) is 25.0 Å². The number of methoxy groups -OCH3 is 1. The lowest BCUT2D eigenvalue weighted by molar-refractivity contribution is -0.141. The van der Waals surface area contributed by atoms with Gasteiger partial charge >= 0.3 is 5.97 Å². The first-order chi connectivity index (χ1) is 16.0. The average Bonchev–Trinajstić information content (AvgIpc) is 3.20. The van der Waals surface area contributed by atoms with Crippen LogP contribution in [0.3, 0.4) is 0 Å². The number of aliphatic imine (C=N–C) groups is 1. The number of fused-ring (bicyclic) bond motifs is 1. The number of amides is 1. The van der Waals surface area contributed by atoms with Crippen LogP contribution in [0, 0.1) is 0 Å². The van der Waals surface area contributed by atoms with Gasteiger partial charge in [0.25, 0.3) is 0 Å². The van der Waals surface area contributed by atoms with Crippen LogP contribution in [0.25, 0.3) is 0 Å². The summed E-state index contributed by atoms with van der Waals surface area (Å²) in [7, 11) is 1.57. The molecule has 4 rings (SSSR count). The quantitative estimate of drug-likeness (QED) is 0.439. The summed E-state index contributed by atoms with van der Waals surface area (Å²) in [6.45, 7) is 5.27. The third-order valence-corrected chi connectivity index (χ3v) is 7.20. The Morgan fingerprint density at radius 2 is 1.97 bits per heavy atom. The van der Waals surface area contributed by atoms with Crippen LogP contribution in [0.2, 0.25) is 0 Å². The number of carbonyl (C=O) groups is 2. The van der Waals surface area contributed by atoms with E-state index in [0.717, 1.165) is 35.8 Å². The molecular formula is C25H31N3O4S. The van der Waals surface area contributed by atoms with Crippen molar-refractivity contribution in [2.75, 3.05) is 26.9 Å². The standard InChI is InChI=1S/C25H31N3O4S/c1-17-9-7-8-12-27(17)21(29)15-20-16-33-25-26-18(2)22(24(30)32-14-13-31-3)23(28(20)25)19-10-5-4-6-11-19/h4-6,10-11,16-17,23H,7-9,12-15H2,1-3H3/t17-,23-/m1/s1. The van der Waals surface area contributed by atoms with Crippen molar-refractivity contribution in [3.63, 3.8) is 0 Å². The molecule has 1 aromatic carbocycles. The summed E-state index contributed by atoms with van der Waals surface area (Å²) in [6.07, 6.45) is 3.54. The van der Waals surface area contributed by atoms with E-state index in [4.69, 9.17) is 14.5 Å². The van der Waals surface area contributed by atoms with Gasteiger partial charge < -0.3 is 19.3 Å². The summed E-state index contributed by atoms with van der Waals surface area (Å²) in [4.78, 5) is 35.1. The van der Waals surface area contributed by atoms with Gasteiger partial charge in [-0.05, 0) is 44.1 Å². The molecule has 0 unspecified atom stereocenters. The fourth-order valence-corrected chi connectivity index (χ4v) is 5.57. The van der Waals surface area contributed by atoms with E-state index < -0.39 is 12.0 Å². The number of nitrogens with zero attached hydrogens (tertiary/aromatic N) is 3. The van der Waals surface area contributed by atoms with Crippen molar-refractivity contribution in [3.8, 4) is 0 Å². The predicted octanol–water partition coefficient (Wildman–Crippen LogP) is 4.24. The monoisotopic (exact) mass is 469 g/mol.